The van der Waals surface area contributed by atoms with E-state index in [-0.39, 0.29) is 17.2 Å². The summed E-state index contributed by atoms with van der Waals surface area (Å²) in [4.78, 5) is 17.6. The molecule has 0 aliphatic heterocycles. The second-order valence-corrected chi connectivity index (χ2v) is 5.50. The molecule has 2 aromatic carbocycles. The normalized spacial score (nSPS) is 12.3. The summed E-state index contributed by atoms with van der Waals surface area (Å²) in [6.45, 7) is 5.70. The molecule has 3 aromatic rings. The number of hydrogen-bond donors (Lipinski definition) is 0. The lowest BCUT2D eigenvalue weighted by atomic mass is 10.1. The number of para-hydroxylation sites is 2. The van der Waals surface area contributed by atoms with Crippen LogP contribution in [0.1, 0.15) is 25.1 Å². The van der Waals surface area contributed by atoms with Gasteiger partial charge in [-0.05, 0) is 30.7 Å². The zero-order valence-electron chi connectivity index (χ0n) is 12.9. The van der Waals surface area contributed by atoms with Gasteiger partial charge in [-0.3, -0.25) is 9.36 Å². The molecule has 0 unspecified atom stereocenters. The van der Waals surface area contributed by atoms with Gasteiger partial charge in [0.2, 0.25) is 0 Å². The SMILES string of the molecule is C=CC[C@@H](C)c1nc2ccccc2c(=O)n1-c1ccccc1F. The monoisotopic (exact) mass is 308 g/mol. The number of allylic oxidation sites excluding steroid dienone is 1. The summed E-state index contributed by atoms with van der Waals surface area (Å²) in [6, 6.07) is 13.4. The van der Waals surface area contributed by atoms with E-state index in [9.17, 15) is 9.18 Å². The minimum atomic E-state index is -0.446. The standard InChI is InChI=1S/C19H17FN2O/c1-3-8-13(2)18-21-16-11-6-4-9-14(16)19(23)22(18)17-12-7-5-10-15(17)20/h3-7,9-13H,1,8H2,2H3/t13-/m1/s1. The van der Waals surface area contributed by atoms with Crippen LogP contribution >= 0.6 is 0 Å². The Labute approximate surface area is 133 Å². The van der Waals surface area contributed by atoms with E-state index in [1.807, 2.05) is 13.0 Å². The van der Waals surface area contributed by atoms with Crippen LogP contribution in [0.25, 0.3) is 16.6 Å². The van der Waals surface area contributed by atoms with Crippen LogP contribution in [0.15, 0.2) is 66.0 Å². The van der Waals surface area contributed by atoms with E-state index >= 15 is 0 Å². The molecule has 4 heteroatoms. The van der Waals surface area contributed by atoms with Crippen molar-refractivity contribution < 1.29 is 4.39 Å². The van der Waals surface area contributed by atoms with Gasteiger partial charge in [0, 0.05) is 5.92 Å². The summed E-state index contributed by atoms with van der Waals surface area (Å²) in [6.07, 6.45) is 2.43. The van der Waals surface area contributed by atoms with Gasteiger partial charge in [0.05, 0.1) is 16.6 Å². The van der Waals surface area contributed by atoms with Gasteiger partial charge >= 0.3 is 0 Å². The molecule has 23 heavy (non-hydrogen) atoms. The largest absolute Gasteiger partial charge is 0.268 e. The third-order valence-electron chi connectivity index (χ3n) is 3.86. The Morgan fingerprint density at radius 3 is 2.65 bits per heavy atom. The molecular formula is C19H17FN2O. The zero-order valence-corrected chi connectivity index (χ0v) is 12.9. The number of rotatable bonds is 4. The van der Waals surface area contributed by atoms with E-state index in [0.29, 0.717) is 23.1 Å². The Hall–Kier alpha value is -2.75. The smallest absolute Gasteiger partial charge is 0.266 e. The van der Waals surface area contributed by atoms with Gasteiger partial charge in [-0.1, -0.05) is 37.3 Å². The Balaban J connectivity index is 2.40. The van der Waals surface area contributed by atoms with Gasteiger partial charge in [0.25, 0.3) is 5.56 Å². The lowest BCUT2D eigenvalue weighted by Crippen LogP contribution is -2.26. The molecule has 0 spiro atoms. The number of nitrogens with zero attached hydrogens (tertiary/aromatic N) is 2. The Morgan fingerprint density at radius 2 is 1.91 bits per heavy atom. The highest BCUT2D eigenvalue weighted by Gasteiger charge is 2.18. The average Bonchev–Trinajstić information content (AvgIpc) is 2.56. The van der Waals surface area contributed by atoms with Crippen molar-refractivity contribution in [3.63, 3.8) is 0 Å². The van der Waals surface area contributed by atoms with Gasteiger partial charge in [0.1, 0.15) is 11.6 Å². The van der Waals surface area contributed by atoms with E-state index in [4.69, 9.17) is 0 Å². The summed E-state index contributed by atoms with van der Waals surface area (Å²) in [5.41, 5.74) is 0.587. The molecule has 1 atom stereocenters. The number of aromatic nitrogens is 2. The molecule has 0 bridgehead atoms. The fraction of sp³-hybridized carbons (Fsp3) is 0.158. The lowest BCUT2D eigenvalue weighted by Gasteiger charge is -2.18. The lowest BCUT2D eigenvalue weighted by molar-refractivity contribution is 0.601. The first-order chi connectivity index (χ1) is 11.1. The van der Waals surface area contributed by atoms with Crippen molar-refractivity contribution in [2.75, 3.05) is 0 Å². The first-order valence-corrected chi connectivity index (χ1v) is 7.51. The molecule has 3 nitrogen and oxygen atoms in total. The number of benzene rings is 2. The van der Waals surface area contributed by atoms with Crippen LogP contribution in [0.3, 0.4) is 0 Å². The predicted octanol–water partition coefficient (Wildman–Crippen LogP) is 4.20. The van der Waals surface area contributed by atoms with Gasteiger partial charge in [-0.2, -0.15) is 0 Å². The van der Waals surface area contributed by atoms with Crippen LogP contribution in [-0.2, 0) is 0 Å². The van der Waals surface area contributed by atoms with Gasteiger partial charge in [-0.15, -0.1) is 6.58 Å². The van der Waals surface area contributed by atoms with Crippen molar-refractivity contribution in [1.29, 1.82) is 0 Å². The maximum absolute atomic E-state index is 14.3. The highest BCUT2D eigenvalue weighted by Crippen LogP contribution is 2.23. The fourth-order valence-electron chi connectivity index (χ4n) is 2.70. The summed E-state index contributed by atoms with van der Waals surface area (Å²) >= 11 is 0. The van der Waals surface area contributed by atoms with Crippen LogP contribution < -0.4 is 5.56 Å². The Kier molecular flexibility index (Phi) is 4.06. The molecule has 0 aliphatic rings. The number of halogens is 1. The third-order valence-corrected chi connectivity index (χ3v) is 3.86. The van der Waals surface area contributed by atoms with Crippen LogP contribution in [0.5, 0.6) is 0 Å². The van der Waals surface area contributed by atoms with Crippen LogP contribution in [0.2, 0.25) is 0 Å². The Morgan fingerprint density at radius 1 is 1.22 bits per heavy atom. The molecular weight excluding hydrogens is 291 g/mol. The van der Waals surface area contributed by atoms with E-state index in [2.05, 4.69) is 11.6 Å². The number of hydrogen-bond acceptors (Lipinski definition) is 2. The topological polar surface area (TPSA) is 34.9 Å². The second kappa shape index (κ2) is 6.16. The van der Waals surface area contributed by atoms with E-state index < -0.39 is 5.82 Å². The molecule has 0 radical (unpaired) electrons. The van der Waals surface area contributed by atoms with Crippen molar-refractivity contribution in [3.05, 3.63) is 83.2 Å². The van der Waals surface area contributed by atoms with Gasteiger partial charge in [0.15, 0.2) is 0 Å². The van der Waals surface area contributed by atoms with E-state index in [1.54, 1.807) is 42.5 Å². The molecule has 0 fully saturated rings. The molecule has 1 aromatic heterocycles. The van der Waals surface area contributed by atoms with Crippen molar-refractivity contribution in [2.24, 2.45) is 0 Å². The molecule has 0 aliphatic carbocycles. The fourth-order valence-corrected chi connectivity index (χ4v) is 2.70. The highest BCUT2D eigenvalue weighted by atomic mass is 19.1. The highest BCUT2D eigenvalue weighted by molar-refractivity contribution is 5.77. The molecule has 0 N–H and O–H groups in total. The van der Waals surface area contributed by atoms with Crippen LogP contribution in [0.4, 0.5) is 4.39 Å². The summed E-state index contributed by atoms with van der Waals surface area (Å²) in [7, 11) is 0. The van der Waals surface area contributed by atoms with Gasteiger partial charge in [-0.25, -0.2) is 9.37 Å². The minimum absolute atomic E-state index is 0.0515. The Bertz CT molecular complexity index is 930. The number of fused-ring (bicyclic) bond motifs is 1. The molecule has 3 rings (SSSR count). The predicted molar refractivity (Wildman–Crippen MR) is 90.5 cm³/mol. The van der Waals surface area contributed by atoms with E-state index in [0.717, 1.165) is 0 Å². The van der Waals surface area contributed by atoms with E-state index in [1.165, 1.54) is 10.6 Å². The third kappa shape index (κ3) is 2.68. The average molecular weight is 308 g/mol. The maximum Gasteiger partial charge on any atom is 0.266 e. The van der Waals surface area contributed by atoms with Crippen molar-refractivity contribution >= 4 is 10.9 Å². The summed E-state index contributed by atoms with van der Waals surface area (Å²) < 4.78 is 15.7. The molecule has 0 saturated carbocycles. The van der Waals surface area contributed by atoms with Crippen LogP contribution in [-0.4, -0.2) is 9.55 Å². The van der Waals surface area contributed by atoms with Crippen molar-refractivity contribution in [1.82, 2.24) is 9.55 Å². The van der Waals surface area contributed by atoms with Crippen molar-refractivity contribution in [3.8, 4) is 5.69 Å². The summed E-state index contributed by atoms with van der Waals surface area (Å²) in [5.74, 6) is 0.0434. The molecule has 0 amide bonds. The van der Waals surface area contributed by atoms with Gasteiger partial charge < -0.3 is 0 Å². The summed E-state index contributed by atoms with van der Waals surface area (Å²) in [5, 5.41) is 0.477. The maximum atomic E-state index is 14.3. The zero-order chi connectivity index (χ0) is 16.4. The molecule has 0 saturated heterocycles. The molecule has 116 valence electrons. The molecule has 1 heterocycles. The first-order valence-electron chi connectivity index (χ1n) is 7.51. The first kappa shape index (κ1) is 15.2. The van der Waals surface area contributed by atoms with Crippen LogP contribution in [0, 0.1) is 5.82 Å². The second-order valence-electron chi connectivity index (χ2n) is 5.50. The quantitative estimate of drug-likeness (QED) is 0.677. The minimum Gasteiger partial charge on any atom is -0.268 e. The van der Waals surface area contributed by atoms with Crippen molar-refractivity contribution in [2.45, 2.75) is 19.3 Å².